The topological polar surface area (TPSA) is 35.6 Å². The van der Waals surface area contributed by atoms with Crippen molar-refractivity contribution >= 4 is 11.6 Å². The Hall–Kier alpha value is -2.33. The molecule has 0 unspecified atom stereocenters. The molecule has 2 aromatic rings. The monoisotopic (exact) mass is 377 g/mol. The Morgan fingerprint density at radius 1 is 1.07 bits per heavy atom. The van der Waals surface area contributed by atoms with Crippen LogP contribution in [0.25, 0.3) is 0 Å². The van der Waals surface area contributed by atoms with Gasteiger partial charge in [-0.05, 0) is 67.6 Å². The summed E-state index contributed by atoms with van der Waals surface area (Å²) in [5.74, 6) is 0.0492. The molecular weight excluding hydrogens is 346 g/mol. The lowest BCUT2D eigenvalue weighted by molar-refractivity contribution is 0.0933. The Morgan fingerprint density at radius 3 is 2.54 bits per heavy atom. The molecule has 2 aliphatic rings. The summed E-state index contributed by atoms with van der Waals surface area (Å²) in [5, 5.41) is 3.29. The van der Waals surface area contributed by atoms with E-state index in [0.717, 1.165) is 57.4 Å². The predicted octanol–water partition coefficient (Wildman–Crippen LogP) is 3.29. The smallest absolute Gasteiger partial charge is 0.251 e. The maximum absolute atomic E-state index is 12.7. The third kappa shape index (κ3) is 4.07. The van der Waals surface area contributed by atoms with Gasteiger partial charge in [0.25, 0.3) is 5.91 Å². The van der Waals surface area contributed by atoms with E-state index in [1.165, 1.54) is 22.4 Å². The molecule has 1 fully saturated rings. The standard InChI is InChI=1S/C24H31N3O/c1-3-18-7-9-20(10-8-18)24(28)25-21-12-11-19-5-4-6-23(22(19)17-21)27-15-13-26(2)14-16-27/h4-10,21H,3,11-17H2,1-2H3,(H,25,28)/t21-/m1/s1. The van der Waals surface area contributed by atoms with Crippen molar-refractivity contribution in [2.45, 2.75) is 38.6 Å². The number of piperazine rings is 1. The zero-order valence-corrected chi connectivity index (χ0v) is 17.1. The number of fused-ring (bicyclic) bond motifs is 1. The highest BCUT2D eigenvalue weighted by atomic mass is 16.1. The average Bonchev–Trinajstić information content (AvgIpc) is 2.74. The van der Waals surface area contributed by atoms with Crippen molar-refractivity contribution in [3.63, 3.8) is 0 Å². The quantitative estimate of drug-likeness (QED) is 0.888. The van der Waals surface area contributed by atoms with E-state index >= 15 is 0 Å². The molecule has 4 nitrogen and oxygen atoms in total. The molecule has 1 atom stereocenters. The van der Waals surface area contributed by atoms with Crippen LogP contribution in [0, 0.1) is 0 Å². The van der Waals surface area contributed by atoms with Crippen LogP contribution in [-0.4, -0.2) is 50.1 Å². The molecule has 0 radical (unpaired) electrons. The first-order valence-electron chi connectivity index (χ1n) is 10.6. The maximum atomic E-state index is 12.7. The molecule has 28 heavy (non-hydrogen) atoms. The molecule has 2 aromatic carbocycles. The second kappa shape index (κ2) is 8.36. The van der Waals surface area contributed by atoms with E-state index in [4.69, 9.17) is 0 Å². The second-order valence-corrected chi connectivity index (χ2v) is 8.17. The highest BCUT2D eigenvalue weighted by Gasteiger charge is 2.25. The van der Waals surface area contributed by atoms with Gasteiger partial charge in [-0.3, -0.25) is 4.79 Å². The van der Waals surface area contributed by atoms with E-state index in [9.17, 15) is 4.79 Å². The highest BCUT2D eigenvalue weighted by molar-refractivity contribution is 5.94. The first-order chi connectivity index (χ1) is 13.6. The zero-order valence-electron chi connectivity index (χ0n) is 17.1. The lowest BCUT2D eigenvalue weighted by Gasteiger charge is -2.37. The number of carbonyl (C=O) groups excluding carboxylic acids is 1. The van der Waals surface area contributed by atoms with E-state index < -0.39 is 0 Å². The molecule has 4 rings (SSSR count). The maximum Gasteiger partial charge on any atom is 0.251 e. The van der Waals surface area contributed by atoms with Crippen molar-refractivity contribution in [1.29, 1.82) is 0 Å². The number of carbonyl (C=O) groups is 1. The SMILES string of the molecule is CCc1ccc(C(=O)N[C@@H]2CCc3cccc(N4CCN(C)CC4)c3C2)cc1. The van der Waals surface area contributed by atoms with E-state index in [0.29, 0.717) is 0 Å². The van der Waals surface area contributed by atoms with Crippen molar-refractivity contribution in [1.82, 2.24) is 10.2 Å². The lowest BCUT2D eigenvalue weighted by Crippen LogP contribution is -2.45. The number of nitrogens with zero attached hydrogens (tertiary/aromatic N) is 2. The van der Waals surface area contributed by atoms with Gasteiger partial charge in [-0.1, -0.05) is 31.2 Å². The van der Waals surface area contributed by atoms with Gasteiger partial charge in [0.1, 0.15) is 0 Å². The van der Waals surface area contributed by atoms with Gasteiger partial charge in [0, 0.05) is 43.5 Å². The second-order valence-electron chi connectivity index (χ2n) is 8.17. The molecule has 0 spiro atoms. The van der Waals surface area contributed by atoms with Gasteiger partial charge >= 0.3 is 0 Å². The fourth-order valence-corrected chi connectivity index (χ4v) is 4.40. The zero-order chi connectivity index (χ0) is 19.5. The van der Waals surface area contributed by atoms with E-state index in [1.54, 1.807) is 0 Å². The number of hydrogen-bond acceptors (Lipinski definition) is 3. The minimum absolute atomic E-state index is 0.0492. The number of anilines is 1. The van der Waals surface area contributed by atoms with Crippen LogP contribution in [0.15, 0.2) is 42.5 Å². The van der Waals surface area contributed by atoms with Crippen molar-refractivity contribution in [2.24, 2.45) is 0 Å². The summed E-state index contributed by atoms with van der Waals surface area (Å²) < 4.78 is 0. The van der Waals surface area contributed by atoms with Crippen LogP contribution in [0.5, 0.6) is 0 Å². The summed E-state index contributed by atoms with van der Waals surface area (Å²) in [4.78, 5) is 17.6. The van der Waals surface area contributed by atoms with Crippen LogP contribution in [0.3, 0.4) is 0 Å². The van der Waals surface area contributed by atoms with Gasteiger partial charge < -0.3 is 15.1 Å². The molecule has 0 bridgehead atoms. The van der Waals surface area contributed by atoms with Crippen LogP contribution in [-0.2, 0) is 19.3 Å². The van der Waals surface area contributed by atoms with Gasteiger partial charge in [-0.25, -0.2) is 0 Å². The Balaban J connectivity index is 1.47. The number of amides is 1. The molecule has 1 saturated heterocycles. The van der Waals surface area contributed by atoms with E-state index in [-0.39, 0.29) is 11.9 Å². The summed E-state index contributed by atoms with van der Waals surface area (Å²) >= 11 is 0. The molecule has 0 saturated carbocycles. The summed E-state index contributed by atoms with van der Waals surface area (Å²) in [5.41, 5.74) is 6.28. The minimum Gasteiger partial charge on any atom is -0.369 e. The number of nitrogens with one attached hydrogen (secondary N) is 1. The molecule has 148 valence electrons. The third-order valence-electron chi connectivity index (χ3n) is 6.26. The minimum atomic E-state index is 0.0492. The molecular formula is C24H31N3O. The lowest BCUT2D eigenvalue weighted by atomic mass is 9.86. The van der Waals surface area contributed by atoms with Gasteiger partial charge in [0.15, 0.2) is 0 Å². The van der Waals surface area contributed by atoms with Crippen molar-refractivity contribution in [3.8, 4) is 0 Å². The van der Waals surface area contributed by atoms with Gasteiger partial charge in [0.05, 0.1) is 0 Å². The Bertz CT molecular complexity index is 822. The van der Waals surface area contributed by atoms with E-state index in [2.05, 4.69) is 59.4 Å². The van der Waals surface area contributed by atoms with Crippen LogP contribution >= 0.6 is 0 Å². The Morgan fingerprint density at radius 2 is 1.82 bits per heavy atom. The average molecular weight is 378 g/mol. The van der Waals surface area contributed by atoms with Crippen molar-refractivity contribution in [3.05, 3.63) is 64.7 Å². The number of aryl methyl sites for hydroxylation is 2. The molecule has 1 aliphatic heterocycles. The normalized spacial score (nSPS) is 19.9. The van der Waals surface area contributed by atoms with E-state index in [1.807, 2.05) is 12.1 Å². The number of rotatable bonds is 4. The molecule has 1 heterocycles. The number of hydrogen-bond donors (Lipinski definition) is 1. The Kier molecular flexibility index (Phi) is 5.67. The van der Waals surface area contributed by atoms with Gasteiger partial charge in [-0.2, -0.15) is 0 Å². The molecule has 1 N–H and O–H groups in total. The summed E-state index contributed by atoms with van der Waals surface area (Å²) in [6, 6.07) is 14.9. The molecule has 1 amide bonds. The fourth-order valence-electron chi connectivity index (χ4n) is 4.40. The summed E-state index contributed by atoms with van der Waals surface area (Å²) in [7, 11) is 2.19. The van der Waals surface area contributed by atoms with Gasteiger partial charge in [0.2, 0.25) is 0 Å². The Labute approximate surface area is 168 Å². The highest BCUT2D eigenvalue weighted by Crippen LogP contribution is 2.31. The molecule has 1 aliphatic carbocycles. The first-order valence-corrected chi connectivity index (χ1v) is 10.6. The fraction of sp³-hybridized carbons (Fsp3) is 0.458. The van der Waals surface area contributed by atoms with Gasteiger partial charge in [-0.15, -0.1) is 0 Å². The van der Waals surface area contributed by atoms with Crippen LogP contribution in [0.1, 0.15) is 40.4 Å². The number of benzene rings is 2. The van der Waals surface area contributed by atoms with Crippen LogP contribution < -0.4 is 10.2 Å². The molecule has 4 heteroatoms. The van der Waals surface area contributed by atoms with Crippen molar-refractivity contribution in [2.75, 3.05) is 38.1 Å². The first kappa shape index (κ1) is 19.0. The summed E-state index contributed by atoms with van der Waals surface area (Å²) in [6.07, 6.45) is 3.97. The van der Waals surface area contributed by atoms with Crippen LogP contribution in [0.2, 0.25) is 0 Å². The molecule has 0 aromatic heterocycles. The van der Waals surface area contributed by atoms with Crippen LogP contribution in [0.4, 0.5) is 5.69 Å². The third-order valence-corrected chi connectivity index (χ3v) is 6.26. The van der Waals surface area contributed by atoms with Crippen molar-refractivity contribution < 1.29 is 4.79 Å². The predicted molar refractivity (Wildman–Crippen MR) is 115 cm³/mol. The number of likely N-dealkylation sites (N-methyl/N-ethyl adjacent to an activating group) is 1. The summed E-state index contributed by atoms with van der Waals surface area (Å²) in [6.45, 7) is 6.50. The largest absolute Gasteiger partial charge is 0.369 e.